The van der Waals surface area contributed by atoms with Crippen molar-refractivity contribution in [1.29, 1.82) is 0 Å². The Morgan fingerprint density at radius 1 is 1.13 bits per heavy atom. The minimum atomic E-state index is -0.454. The van der Waals surface area contributed by atoms with Gasteiger partial charge >= 0.3 is 6.09 Å². The van der Waals surface area contributed by atoms with Gasteiger partial charge in [0.1, 0.15) is 5.60 Å². The van der Waals surface area contributed by atoms with E-state index in [1.807, 2.05) is 25.7 Å². The van der Waals surface area contributed by atoms with E-state index >= 15 is 0 Å². The number of hydrogen-bond donors (Lipinski definition) is 1. The molecule has 0 unspecified atom stereocenters. The Kier molecular flexibility index (Phi) is 6.94. The number of rotatable bonds is 6. The summed E-state index contributed by atoms with van der Waals surface area (Å²) in [7, 11) is 0. The van der Waals surface area contributed by atoms with Crippen LogP contribution in [-0.2, 0) is 4.74 Å². The van der Waals surface area contributed by atoms with Crippen LogP contribution >= 0.6 is 0 Å². The zero-order chi connectivity index (χ0) is 17.7. The van der Waals surface area contributed by atoms with E-state index in [0.29, 0.717) is 12.0 Å². The smallest absolute Gasteiger partial charge is 0.410 e. The summed E-state index contributed by atoms with van der Waals surface area (Å²) < 4.78 is 5.56. The van der Waals surface area contributed by atoms with Gasteiger partial charge in [0, 0.05) is 25.2 Å². The van der Waals surface area contributed by atoms with Gasteiger partial charge < -0.3 is 15.0 Å². The van der Waals surface area contributed by atoms with Crippen LogP contribution < -0.4 is 5.32 Å². The highest BCUT2D eigenvalue weighted by atomic mass is 16.6. The number of carbonyl (C=O) groups is 1. The molecule has 4 heteroatoms. The molecular weight excluding hydrogens is 288 g/mol. The molecule has 1 rings (SSSR count). The Bertz CT molecular complexity index is 374. The van der Waals surface area contributed by atoms with Gasteiger partial charge in [0.25, 0.3) is 0 Å². The van der Waals surface area contributed by atoms with E-state index < -0.39 is 5.60 Å². The topological polar surface area (TPSA) is 41.6 Å². The molecule has 0 saturated heterocycles. The van der Waals surface area contributed by atoms with Crippen LogP contribution in [0.3, 0.4) is 0 Å². The molecule has 0 radical (unpaired) electrons. The fraction of sp³-hybridized carbons (Fsp3) is 0.947. The number of nitrogens with one attached hydrogen (secondary N) is 1. The molecule has 0 aromatic carbocycles. The largest absolute Gasteiger partial charge is 0.444 e. The second kappa shape index (κ2) is 7.87. The first-order chi connectivity index (χ1) is 10.5. The molecule has 1 fully saturated rings. The van der Waals surface area contributed by atoms with Gasteiger partial charge in [-0.05, 0) is 66.2 Å². The summed E-state index contributed by atoms with van der Waals surface area (Å²) in [6.45, 7) is 16.8. The van der Waals surface area contributed by atoms with Crippen molar-refractivity contribution in [2.75, 3.05) is 19.6 Å². The van der Waals surface area contributed by atoms with Crippen molar-refractivity contribution in [3.8, 4) is 0 Å². The molecule has 0 heterocycles. The summed E-state index contributed by atoms with van der Waals surface area (Å²) in [5, 5.41) is 3.59. The molecule has 4 nitrogen and oxygen atoms in total. The SMILES string of the molecule is CCC1(CNCCN(C(=O)OC(C)(C)C)C(C)(C)C)CCCC1. The lowest BCUT2D eigenvalue weighted by Gasteiger charge is -2.37. The van der Waals surface area contributed by atoms with Crippen molar-refractivity contribution in [2.45, 2.75) is 91.7 Å². The number of ether oxygens (including phenoxy) is 1. The van der Waals surface area contributed by atoms with Crippen molar-refractivity contribution in [2.24, 2.45) is 5.41 Å². The van der Waals surface area contributed by atoms with Crippen LogP contribution in [0, 0.1) is 5.41 Å². The van der Waals surface area contributed by atoms with Crippen molar-refractivity contribution in [3.63, 3.8) is 0 Å². The molecule has 0 bridgehead atoms. The zero-order valence-electron chi connectivity index (χ0n) is 16.4. The van der Waals surface area contributed by atoms with Crippen LogP contribution in [-0.4, -0.2) is 41.8 Å². The van der Waals surface area contributed by atoms with Crippen LogP contribution in [0.5, 0.6) is 0 Å². The predicted molar refractivity (Wildman–Crippen MR) is 96.8 cm³/mol. The molecule has 0 aliphatic heterocycles. The van der Waals surface area contributed by atoms with E-state index in [2.05, 4.69) is 33.0 Å². The summed E-state index contributed by atoms with van der Waals surface area (Å²) in [5.74, 6) is 0. The standard InChI is InChI=1S/C19H38N2O2/c1-8-19(11-9-10-12-19)15-20-13-14-21(17(2,3)4)16(22)23-18(5,6)7/h20H,8-15H2,1-7H3. The minimum Gasteiger partial charge on any atom is -0.444 e. The first kappa shape index (κ1) is 20.3. The first-order valence-electron chi connectivity index (χ1n) is 9.20. The predicted octanol–water partition coefficient (Wildman–Crippen LogP) is 4.58. The number of nitrogens with zero attached hydrogens (tertiary/aromatic N) is 1. The lowest BCUT2D eigenvalue weighted by Crippen LogP contribution is -2.50. The quantitative estimate of drug-likeness (QED) is 0.726. The van der Waals surface area contributed by atoms with Gasteiger partial charge in [0.15, 0.2) is 0 Å². The fourth-order valence-corrected chi connectivity index (χ4v) is 3.34. The van der Waals surface area contributed by atoms with Gasteiger partial charge in [0.05, 0.1) is 0 Å². The Morgan fingerprint density at radius 3 is 2.13 bits per heavy atom. The van der Waals surface area contributed by atoms with Crippen LogP contribution in [0.25, 0.3) is 0 Å². The molecule has 136 valence electrons. The molecule has 0 atom stereocenters. The minimum absolute atomic E-state index is 0.224. The summed E-state index contributed by atoms with van der Waals surface area (Å²) >= 11 is 0. The van der Waals surface area contributed by atoms with E-state index in [9.17, 15) is 4.79 Å². The van der Waals surface area contributed by atoms with E-state index in [0.717, 1.165) is 13.1 Å². The van der Waals surface area contributed by atoms with Crippen molar-refractivity contribution in [3.05, 3.63) is 0 Å². The maximum atomic E-state index is 12.5. The molecule has 1 aliphatic carbocycles. The highest BCUT2D eigenvalue weighted by molar-refractivity contribution is 5.69. The summed E-state index contributed by atoms with van der Waals surface area (Å²) in [4.78, 5) is 14.3. The Balaban J connectivity index is 2.50. The summed E-state index contributed by atoms with van der Waals surface area (Å²) in [5.41, 5.74) is -0.206. The third kappa shape index (κ3) is 6.70. The maximum Gasteiger partial charge on any atom is 0.410 e. The van der Waals surface area contributed by atoms with Crippen molar-refractivity contribution < 1.29 is 9.53 Å². The second-order valence-electron chi connectivity index (χ2n) is 9.04. The maximum absolute atomic E-state index is 12.5. The third-order valence-corrected chi connectivity index (χ3v) is 4.85. The molecule has 1 saturated carbocycles. The van der Waals surface area contributed by atoms with E-state index in [1.54, 1.807) is 0 Å². The molecule has 23 heavy (non-hydrogen) atoms. The van der Waals surface area contributed by atoms with Crippen LogP contribution in [0.4, 0.5) is 4.79 Å². The van der Waals surface area contributed by atoms with Gasteiger partial charge in [0.2, 0.25) is 0 Å². The monoisotopic (exact) mass is 326 g/mol. The Hall–Kier alpha value is -0.770. The van der Waals surface area contributed by atoms with Gasteiger partial charge in [-0.2, -0.15) is 0 Å². The lowest BCUT2D eigenvalue weighted by molar-refractivity contribution is 0.00649. The summed E-state index contributed by atoms with van der Waals surface area (Å²) in [6.07, 6.45) is 6.42. The molecule has 1 aliphatic rings. The van der Waals surface area contributed by atoms with E-state index in [1.165, 1.54) is 32.1 Å². The Morgan fingerprint density at radius 2 is 1.70 bits per heavy atom. The third-order valence-electron chi connectivity index (χ3n) is 4.85. The number of carbonyl (C=O) groups excluding carboxylic acids is 1. The fourth-order valence-electron chi connectivity index (χ4n) is 3.34. The second-order valence-corrected chi connectivity index (χ2v) is 9.04. The molecule has 1 N–H and O–H groups in total. The molecule has 0 aromatic rings. The van der Waals surface area contributed by atoms with Gasteiger partial charge in [-0.1, -0.05) is 19.8 Å². The van der Waals surface area contributed by atoms with Gasteiger partial charge in [-0.3, -0.25) is 0 Å². The van der Waals surface area contributed by atoms with Crippen LogP contribution in [0.2, 0.25) is 0 Å². The van der Waals surface area contributed by atoms with Gasteiger partial charge in [-0.25, -0.2) is 4.79 Å². The van der Waals surface area contributed by atoms with Gasteiger partial charge in [-0.15, -0.1) is 0 Å². The highest BCUT2D eigenvalue weighted by Crippen LogP contribution is 2.40. The average molecular weight is 327 g/mol. The molecular formula is C19H38N2O2. The number of hydrogen-bond acceptors (Lipinski definition) is 3. The van der Waals surface area contributed by atoms with Crippen molar-refractivity contribution >= 4 is 6.09 Å². The van der Waals surface area contributed by atoms with Crippen LogP contribution in [0.1, 0.15) is 80.6 Å². The molecule has 0 spiro atoms. The Labute approximate surface area is 143 Å². The number of amides is 1. The van der Waals surface area contributed by atoms with E-state index in [-0.39, 0.29) is 11.6 Å². The zero-order valence-corrected chi connectivity index (χ0v) is 16.4. The highest BCUT2D eigenvalue weighted by Gasteiger charge is 2.32. The summed E-state index contributed by atoms with van der Waals surface area (Å²) in [6, 6.07) is 0. The van der Waals surface area contributed by atoms with E-state index in [4.69, 9.17) is 4.74 Å². The van der Waals surface area contributed by atoms with Crippen LogP contribution in [0.15, 0.2) is 0 Å². The average Bonchev–Trinajstić information content (AvgIpc) is 2.84. The molecule has 0 aromatic heterocycles. The first-order valence-corrected chi connectivity index (χ1v) is 9.20. The normalized spacial score (nSPS) is 18.0. The lowest BCUT2D eigenvalue weighted by atomic mass is 9.83. The van der Waals surface area contributed by atoms with Crippen molar-refractivity contribution in [1.82, 2.24) is 10.2 Å². The molecule has 1 amide bonds.